The Morgan fingerprint density at radius 2 is 2.38 bits per heavy atom. The van der Waals surface area contributed by atoms with Crippen molar-refractivity contribution in [1.82, 2.24) is 9.88 Å². The van der Waals surface area contributed by atoms with E-state index in [0.717, 1.165) is 13.0 Å². The van der Waals surface area contributed by atoms with Crippen LogP contribution in [-0.4, -0.2) is 28.9 Å². The summed E-state index contributed by atoms with van der Waals surface area (Å²) >= 11 is 3.30. The number of amides is 1. The van der Waals surface area contributed by atoms with Crippen LogP contribution in [0.4, 0.5) is 0 Å². The van der Waals surface area contributed by atoms with Crippen molar-refractivity contribution in [1.29, 1.82) is 0 Å². The highest BCUT2D eigenvalue weighted by atomic mass is 79.9. The van der Waals surface area contributed by atoms with Crippen LogP contribution in [0.1, 0.15) is 23.7 Å². The van der Waals surface area contributed by atoms with Gasteiger partial charge in [0, 0.05) is 19.3 Å². The summed E-state index contributed by atoms with van der Waals surface area (Å²) < 4.78 is 0.617. The summed E-state index contributed by atoms with van der Waals surface area (Å²) in [6.45, 7) is 3.59. The van der Waals surface area contributed by atoms with Gasteiger partial charge in [-0.05, 0) is 41.4 Å². The third kappa shape index (κ3) is 2.32. The van der Waals surface area contributed by atoms with Gasteiger partial charge in [0.25, 0.3) is 5.91 Å². The molecule has 1 aromatic rings. The maximum atomic E-state index is 12.2. The summed E-state index contributed by atoms with van der Waals surface area (Å²) in [6, 6.07) is 3.58. The van der Waals surface area contributed by atoms with Crippen LogP contribution >= 0.6 is 15.9 Å². The summed E-state index contributed by atoms with van der Waals surface area (Å²) in [7, 11) is 0. The summed E-state index contributed by atoms with van der Waals surface area (Å²) in [6.07, 6.45) is 4.73. The Kier molecular flexibility index (Phi) is 3.39. The first-order valence-electron chi connectivity index (χ1n) is 5.24. The molecule has 2 rings (SSSR count). The highest BCUT2D eigenvalue weighted by Crippen LogP contribution is 2.18. The fraction of sp³-hybridized carbons (Fsp3) is 0.333. The lowest BCUT2D eigenvalue weighted by atomic mass is 10.1. The molecule has 0 unspecified atom stereocenters. The number of carbonyl (C=O) groups excluding carboxylic acids is 1. The molecule has 2 heterocycles. The molecule has 84 valence electrons. The molecule has 0 atom stereocenters. The number of rotatable bonds is 1. The predicted octanol–water partition coefficient (Wildman–Crippen LogP) is 2.64. The lowest BCUT2D eigenvalue weighted by Crippen LogP contribution is -2.34. The predicted molar refractivity (Wildman–Crippen MR) is 66.2 cm³/mol. The zero-order chi connectivity index (χ0) is 11.5. The SMILES string of the molecule is CC1=CCN(C(=O)c2cccnc2Br)CC1. The third-order valence-corrected chi connectivity index (χ3v) is 3.34. The highest BCUT2D eigenvalue weighted by molar-refractivity contribution is 9.10. The molecule has 3 nitrogen and oxygen atoms in total. The Balaban J connectivity index is 2.18. The number of nitrogens with zero attached hydrogens (tertiary/aromatic N) is 2. The first-order chi connectivity index (χ1) is 7.68. The van der Waals surface area contributed by atoms with Gasteiger partial charge < -0.3 is 4.90 Å². The van der Waals surface area contributed by atoms with E-state index in [4.69, 9.17) is 0 Å². The molecular formula is C12H13BrN2O. The lowest BCUT2D eigenvalue weighted by Gasteiger charge is -2.25. The van der Waals surface area contributed by atoms with Gasteiger partial charge in [0.15, 0.2) is 0 Å². The first kappa shape index (κ1) is 11.3. The quantitative estimate of drug-likeness (QED) is 0.585. The van der Waals surface area contributed by atoms with Gasteiger partial charge in [-0.15, -0.1) is 0 Å². The van der Waals surface area contributed by atoms with Crippen LogP contribution in [0.5, 0.6) is 0 Å². The molecule has 4 heteroatoms. The summed E-state index contributed by atoms with van der Waals surface area (Å²) in [5, 5.41) is 0. The Labute approximate surface area is 103 Å². The van der Waals surface area contributed by atoms with Crippen LogP contribution in [0.25, 0.3) is 0 Å². The number of hydrogen-bond donors (Lipinski definition) is 0. The second-order valence-corrected chi connectivity index (χ2v) is 4.64. The zero-order valence-corrected chi connectivity index (χ0v) is 10.7. The van der Waals surface area contributed by atoms with E-state index in [1.807, 2.05) is 4.90 Å². The minimum absolute atomic E-state index is 0.0451. The van der Waals surface area contributed by atoms with Gasteiger partial charge in [0.2, 0.25) is 0 Å². The first-order valence-corrected chi connectivity index (χ1v) is 6.03. The smallest absolute Gasteiger partial charge is 0.256 e. The normalized spacial score (nSPS) is 15.9. The molecule has 16 heavy (non-hydrogen) atoms. The average molecular weight is 281 g/mol. The van der Waals surface area contributed by atoms with E-state index < -0.39 is 0 Å². The lowest BCUT2D eigenvalue weighted by molar-refractivity contribution is 0.0767. The van der Waals surface area contributed by atoms with Crippen molar-refractivity contribution in [3.63, 3.8) is 0 Å². The summed E-state index contributed by atoms with van der Waals surface area (Å²) in [5.74, 6) is 0.0451. The van der Waals surface area contributed by atoms with Crippen LogP contribution < -0.4 is 0 Å². The maximum Gasteiger partial charge on any atom is 0.256 e. The average Bonchev–Trinajstić information content (AvgIpc) is 2.30. The van der Waals surface area contributed by atoms with Crippen LogP contribution in [-0.2, 0) is 0 Å². The van der Waals surface area contributed by atoms with Crippen molar-refractivity contribution in [3.05, 3.63) is 40.1 Å². The van der Waals surface area contributed by atoms with Crippen molar-refractivity contribution in [3.8, 4) is 0 Å². The molecule has 0 aromatic carbocycles. The topological polar surface area (TPSA) is 33.2 Å². The van der Waals surface area contributed by atoms with Crippen LogP contribution in [0, 0.1) is 0 Å². The molecular weight excluding hydrogens is 268 g/mol. The molecule has 0 fully saturated rings. The number of hydrogen-bond acceptors (Lipinski definition) is 2. The number of pyridine rings is 1. The van der Waals surface area contributed by atoms with Gasteiger partial charge in [-0.3, -0.25) is 4.79 Å². The van der Waals surface area contributed by atoms with Gasteiger partial charge in [-0.25, -0.2) is 4.98 Å². The minimum atomic E-state index is 0.0451. The van der Waals surface area contributed by atoms with Crippen molar-refractivity contribution in [2.75, 3.05) is 13.1 Å². The van der Waals surface area contributed by atoms with E-state index in [9.17, 15) is 4.79 Å². The van der Waals surface area contributed by atoms with Gasteiger partial charge in [0.1, 0.15) is 4.60 Å². The van der Waals surface area contributed by atoms with Gasteiger partial charge in [0.05, 0.1) is 5.56 Å². The molecule has 0 N–H and O–H groups in total. The molecule has 0 spiro atoms. The molecule has 1 amide bonds. The Bertz CT molecular complexity index is 442. The fourth-order valence-electron chi connectivity index (χ4n) is 1.67. The zero-order valence-electron chi connectivity index (χ0n) is 9.11. The van der Waals surface area contributed by atoms with E-state index in [1.165, 1.54) is 5.57 Å². The standard InChI is InChI=1S/C12H13BrN2O/c1-9-4-7-15(8-5-9)12(16)10-3-2-6-14-11(10)13/h2-4,6H,5,7-8H2,1H3. The van der Waals surface area contributed by atoms with E-state index >= 15 is 0 Å². The van der Waals surface area contributed by atoms with Crippen LogP contribution in [0.15, 0.2) is 34.6 Å². The van der Waals surface area contributed by atoms with Crippen molar-refractivity contribution in [2.45, 2.75) is 13.3 Å². The number of aromatic nitrogens is 1. The Hall–Kier alpha value is -1.16. The monoisotopic (exact) mass is 280 g/mol. The summed E-state index contributed by atoms with van der Waals surface area (Å²) in [4.78, 5) is 18.1. The largest absolute Gasteiger partial charge is 0.335 e. The van der Waals surface area contributed by atoms with Crippen molar-refractivity contribution >= 4 is 21.8 Å². The van der Waals surface area contributed by atoms with Crippen molar-refractivity contribution in [2.24, 2.45) is 0 Å². The van der Waals surface area contributed by atoms with Gasteiger partial charge >= 0.3 is 0 Å². The molecule has 0 bridgehead atoms. The van der Waals surface area contributed by atoms with Crippen molar-refractivity contribution < 1.29 is 4.79 Å². The highest BCUT2D eigenvalue weighted by Gasteiger charge is 2.19. The van der Waals surface area contributed by atoms with Gasteiger partial charge in [-0.1, -0.05) is 11.6 Å². The third-order valence-electron chi connectivity index (χ3n) is 2.71. The number of carbonyl (C=O) groups is 1. The Morgan fingerprint density at radius 3 is 3.00 bits per heavy atom. The van der Waals surface area contributed by atoms with E-state index in [1.54, 1.807) is 18.3 Å². The Morgan fingerprint density at radius 1 is 1.56 bits per heavy atom. The second-order valence-electron chi connectivity index (χ2n) is 3.89. The fourth-order valence-corrected chi connectivity index (χ4v) is 2.09. The molecule has 1 aromatic heterocycles. The molecule has 1 aliphatic rings. The molecule has 0 aliphatic carbocycles. The van der Waals surface area contributed by atoms with E-state index in [0.29, 0.717) is 16.7 Å². The minimum Gasteiger partial charge on any atom is -0.335 e. The van der Waals surface area contributed by atoms with Crippen LogP contribution in [0.2, 0.25) is 0 Å². The molecule has 0 saturated heterocycles. The molecule has 0 radical (unpaired) electrons. The molecule has 1 aliphatic heterocycles. The second kappa shape index (κ2) is 4.78. The molecule has 0 saturated carbocycles. The number of halogens is 1. The van der Waals surface area contributed by atoms with Crippen LogP contribution in [0.3, 0.4) is 0 Å². The maximum absolute atomic E-state index is 12.2. The van der Waals surface area contributed by atoms with E-state index in [-0.39, 0.29) is 5.91 Å². The van der Waals surface area contributed by atoms with E-state index in [2.05, 4.69) is 33.9 Å². The summed E-state index contributed by atoms with van der Waals surface area (Å²) in [5.41, 5.74) is 1.99. The van der Waals surface area contributed by atoms with Gasteiger partial charge in [-0.2, -0.15) is 0 Å².